The number of amides is 1. The van der Waals surface area contributed by atoms with Gasteiger partial charge in [0, 0.05) is 29.6 Å². The van der Waals surface area contributed by atoms with Crippen molar-refractivity contribution in [1.82, 2.24) is 4.90 Å². The molecule has 0 aliphatic heterocycles. The number of para-hydroxylation sites is 1. The van der Waals surface area contributed by atoms with E-state index in [1.54, 1.807) is 7.11 Å². The molecule has 2 aromatic rings. The fourth-order valence-corrected chi connectivity index (χ4v) is 3.48. The van der Waals surface area contributed by atoms with Gasteiger partial charge in [0.1, 0.15) is 5.75 Å². The van der Waals surface area contributed by atoms with Gasteiger partial charge in [0.2, 0.25) is 0 Å². The highest BCUT2D eigenvalue weighted by Crippen LogP contribution is 2.38. The van der Waals surface area contributed by atoms with E-state index < -0.39 is 0 Å². The molecule has 1 heterocycles. The first kappa shape index (κ1) is 17.3. The summed E-state index contributed by atoms with van der Waals surface area (Å²) >= 11 is 1.40. The summed E-state index contributed by atoms with van der Waals surface area (Å²) in [5, 5.41) is 2.50. The minimum Gasteiger partial charge on any atom is -0.496 e. The van der Waals surface area contributed by atoms with Crippen molar-refractivity contribution in [3.8, 4) is 16.9 Å². The molecular weight excluding hydrogens is 308 g/mol. The standard InChI is InChI=1S/C18H24N2O2S/c1-4-10-20(11-5-2)18(21)16-14(12-23-17(16)19)13-8-6-7-9-15(13)22-3/h6-9,12H,4-5,10-11,19H2,1-3H3. The van der Waals surface area contributed by atoms with E-state index in [1.807, 2.05) is 34.5 Å². The first-order chi connectivity index (χ1) is 11.1. The molecule has 23 heavy (non-hydrogen) atoms. The summed E-state index contributed by atoms with van der Waals surface area (Å²) in [6.45, 7) is 5.64. The van der Waals surface area contributed by atoms with Crippen LogP contribution in [0.15, 0.2) is 29.6 Å². The van der Waals surface area contributed by atoms with Gasteiger partial charge in [0.05, 0.1) is 17.7 Å². The topological polar surface area (TPSA) is 55.6 Å². The van der Waals surface area contributed by atoms with Crippen molar-refractivity contribution in [3.05, 3.63) is 35.2 Å². The average molecular weight is 332 g/mol. The summed E-state index contributed by atoms with van der Waals surface area (Å²) in [5.74, 6) is 0.755. The number of nitrogens with two attached hydrogens (primary N) is 1. The molecule has 0 saturated carbocycles. The zero-order chi connectivity index (χ0) is 16.8. The van der Waals surface area contributed by atoms with E-state index in [-0.39, 0.29) is 5.91 Å². The number of hydrogen-bond acceptors (Lipinski definition) is 4. The molecule has 0 aliphatic carbocycles. The van der Waals surface area contributed by atoms with Crippen molar-refractivity contribution >= 4 is 22.2 Å². The molecule has 124 valence electrons. The van der Waals surface area contributed by atoms with Gasteiger partial charge in [-0.2, -0.15) is 0 Å². The van der Waals surface area contributed by atoms with Gasteiger partial charge in [-0.1, -0.05) is 32.0 Å². The van der Waals surface area contributed by atoms with Crippen LogP contribution < -0.4 is 10.5 Å². The number of benzene rings is 1. The molecule has 2 N–H and O–H groups in total. The Balaban J connectivity index is 2.48. The van der Waals surface area contributed by atoms with Gasteiger partial charge in [0.25, 0.3) is 5.91 Å². The number of thiophene rings is 1. The molecule has 0 aliphatic rings. The summed E-state index contributed by atoms with van der Waals surface area (Å²) in [5.41, 5.74) is 8.49. The van der Waals surface area contributed by atoms with E-state index in [0.717, 1.165) is 42.8 Å². The number of rotatable bonds is 7. The van der Waals surface area contributed by atoms with Gasteiger partial charge in [-0.25, -0.2) is 0 Å². The molecule has 5 heteroatoms. The number of ether oxygens (including phenoxy) is 1. The van der Waals surface area contributed by atoms with Gasteiger partial charge in [0.15, 0.2) is 0 Å². The Morgan fingerprint density at radius 3 is 2.43 bits per heavy atom. The van der Waals surface area contributed by atoms with E-state index in [1.165, 1.54) is 11.3 Å². The SMILES string of the molecule is CCCN(CCC)C(=O)c1c(-c2ccccc2OC)csc1N. The summed E-state index contributed by atoms with van der Waals surface area (Å²) in [7, 11) is 1.64. The molecule has 0 spiro atoms. The third kappa shape index (κ3) is 3.67. The molecule has 0 bridgehead atoms. The van der Waals surface area contributed by atoms with Crippen molar-refractivity contribution in [2.45, 2.75) is 26.7 Å². The third-order valence-corrected chi connectivity index (χ3v) is 4.52. The highest BCUT2D eigenvalue weighted by Gasteiger charge is 2.24. The lowest BCUT2D eigenvalue weighted by atomic mass is 10.0. The quantitative estimate of drug-likeness (QED) is 0.824. The zero-order valence-corrected chi connectivity index (χ0v) is 14.8. The Bertz CT molecular complexity index is 661. The summed E-state index contributed by atoms with van der Waals surface area (Å²) in [6.07, 6.45) is 1.86. The van der Waals surface area contributed by atoms with Crippen LogP contribution in [-0.4, -0.2) is 31.0 Å². The van der Waals surface area contributed by atoms with Crippen LogP contribution in [0.3, 0.4) is 0 Å². The lowest BCUT2D eigenvalue weighted by molar-refractivity contribution is 0.0758. The number of methoxy groups -OCH3 is 1. The Morgan fingerprint density at radius 1 is 1.17 bits per heavy atom. The third-order valence-electron chi connectivity index (χ3n) is 3.70. The van der Waals surface area contributed by atoms with Crippen molar-refractivity contribution < 1.29 is 9.53 Å². The number of nitrogen functional groups attached to an aromatic ring is 1. The van der Waals surface area contributed by atoms with Gasteiger partial charge in [-0.3, -0.25) is 4.79 Å². The normalized spacial score (nSPS) is 10.6. The minimum atomic E-state index is 0.00774. The highest BCUT2D eigenvalue weighted by molar-refractivity contribution is 7.15. The fourth-order valence-electron chi connectivity index (χ4n) is 2.67. The number of anilines is 1. The summed E-state index contributed by atoms with van der Waals surface area (Å²) < 4.78 is 5.44. The Kier molecular flexibility index (Phi) is 6.04. The fraction of sp³-hybridized carbons (Fsp3) is 0.389. The molecule has 1 aromatic carbocycles. The molecule has 2 rings (SSSR count). The van der Waals surface area contributed by atoms with Crippen LogP contribution in [0.5, 0.6) is 5.75 Å². The minimum absolute atomic E-state index is 0.00774. The van der Waals surface area contributed by atoms with E-state index in [4.69, 9.17) is 10.5 Å². The monoisotopic (exact) mass is 332 g/mol. The lowest BCUT2D eigenvalue weighted by Gasteiger charge is -2.22. The predicted molar refractivity (Wildman–Crippen MR) is 97.2 cm³/mol. The zero-order valence-electron chi connectivity index (χ0n) is 14.0. The average Bonchev–Trinajstić information content (AvgIpc) is 2.95. The maximum Gasteiger partial charge on any atom is 0.257 e. The second kappa shape index (κ2) is 8.02. The Hall–Kier alpha value is -2.01. The van der Waals surface area contributed by atoms with Crippen LogP contribution in [0.25, 0.3) is 11.1 Å². The van der Waals surface area contributed by atoms with Crippen molar-refractivity contribution in [2.75, 3.05) is 25.9 Å². The first-order valence-electron chi connectivity index (χ1n) is 7.93. The van der Waals surface area contributed by atoms with E-state index in [9.17, 15) is 4.79 Å². The van der Waals surface area contributed by atoms with Crippen LogP contribution in [0.1, 0.15) is 37.0 Å². The largest absolute Gasteiger partial charge is 0.496 e. The molecule has 0 atom stereocenters. The molecule has 0 fully saturated rings. The van der Waals surface area contributed by atoms with Crippen LogP contribution >= 0.6 is 11.3 Å². The molecule has 0 unspecified atom stereocenters. The maximum absolute atomic E-state index is 13.0. The van der Waals surface area contributed by atoms with Crippen molar-refractivity contribution in [3.63, 3.8) is 0 Å². The van der Waals surface area contributed by atoms with Crippen LogP contribution in [0, 0.1) is 0 Å². The number of hydrogen-bond donors (Lipinski definition) is 1. The van der Waals surface area contributed by atoms with Crippen LogP contribution in [0.4, 0.5) is 5.00 Å². The van der Waals surface area contributed by atoms with Gasteiger partial charge in [-0.05, 0) is 18.9 Å². The van der Waals surface area contributed by atoms with Crippen LogP contribution in [-0.2, 0) is 0 Å². The summed E-state index contributed by atoms with van der Waals surface area (Å²) in [4.78, 5) is 14.9. The number of carbonyl (C=O) groups excluding carboxylic acids is 1. The second-order valence-corrected chi connectivity index (χ2v) is 6.29. The molecule has 4 nitrogen and oxygen atoms in total. The maximum atomic E-state index is 13.0. The molecule has 1 amide bonds. The molecular formula is C18H24N2O2S. The highest BCUT2D eigenvalue weighted by atomic mass is 32.1. The Morgan fingerprint density at radius 2 is 1.83 bits per heavy atom. The molecule has 1 aromatic heterocycles. The number of carbonyl (C=O) groups is 1. The second-order valence-electron chi connectivity index (χ2n) is 5.38. The van der Waals surface area contributed by atoms with Crippen LogP contribution in [0.2, 0.25) is 0 Å². The van der Waals surface area contributed by atoms with Gasteiger partial charge < -0.3 is 15.4 Å². The van der Waals surface area contributed by atoms with E-state index in [0.29, 0.717) is 10.6 Å². The molecule has 0 radical (unpaired) electrons. The van der Waals surface area contributed by atoms with Crippen molar-refractivity contribution in [1.29, 1.82) is 0 Å². The predicted octanol–water partition coefficient (Wildman–Crippen LogP) is 4.27. The van der Waals surface area contributed by atoms with Gasteiger partial charge in [-0.15, -0.1) is 11.3 Å². The van der Waals surface area contributed by atoms with Crippen molar-refractivity contribution in [2.24, 2.45) is 0 Å². The number of nitrogens with zero attached hydrogens (tertiary/aromatic N) is 1. The van der Waals surface area contributed by atoms with Gasteiger partial charge >= 0.3 is 0 Å². The summed E-state index contributed by atoms with van der Waals surface area (Å²) in [6, 6.07) is 7.71. The smallest absolute Gasteiger partial charge is 0.257 e. The van der Waals surface area contributed by atoms with E-state index in [2.05, 4.69) is 13.8 Å². The first-order valence-corrected chi connectivity index (χ1v) is 8.81. The van der Waals surface area contributed by atoms with E-state index >= 15 is 0 Å². The molecule has 0 saturated heterocycles. The lowest BCUT2D eigenvalue weighted by Crippen LogP contribution is -2.33. The Labute approximate surface area is 141 Å².